The highest BCUT2D eigenvalue weighted by atomic mass is 16.2. The van der Waals surface area contributed by atoms with E-state index < -0.39 is 0 Å². The number of unbranched alkanes of at least 4 members (excludes halogenated alkanes) is 3. The Balaban J connectivity index is 1.99. The molecule has 2 rings (SSSR count). The number of carbonyl (C=O) groups excluding carboxylic acids is 1. The number of anilines is 1. The summed E-state index contributed by atoms with van der Waals surface area (Å²) in [6, 6.07) is 5.68. The minimum atomic E-state index is 0.153. The normalized spacial score (nSPS) is 14.7. The van der Waals surface area contributed by atoms with Crippen LogP contribution in [0.25, 0.3) is 0 Å². The van der Waals surface area contributed by atoms with Crippen molar-refractivity contribution in [3.8, 4) is 0 Å². The Morgan fingerprint density at radius 1 is 1.28 bits per heavy atom. The van der Waals surface area contributed by atoms with Crippen LogP contribution >= 0.6 is 0 Å². The first kappa shape index (κ1) is 12.9. The number of carbonyl (C=O) groups is 1. The van der Waals surface area contributed by atoms with Crippen molar-refractivity contribution < 1.29 is 4.79 Å². The third-order valence-corrected chi connectivity index (χ3v) is 3.58. The van der Waals surface area contributed by atoms with E-state index in [0.717, 1.165) is 37.1 Å². The topological polar surface area (TPSA) is 46.3 Å². The molecule has 1 heterocycles. The molecule has 0 unspecified atom stereocenters. The Bertz CT molecular complexity index is 429. The second kappa shape index (κ2) is 5.89. The minimum absolute atomic E-state index is 0.153. The molecule has 0 aliphatic carbocycles. The molecule has 1 aromatic carbocycles. The fourth-order valence-corrected chi connectivity index (χ4v) is 2.48. The number of rotatable bonds is 5. The van der Waals surface area contributed by atoms with Crippen LogP contribution in [0.1, 0.15) is 48.5 Å². The molecule has 0 saturated carbocycles. The summed E-state index contributed by atoms with van der Waals surface area (Å²) < 4.78 is 0. The number of amides is 1. The molecule has 98 valence electrons. The van der Waals surface area contributed by atoms with Crippen LogP contribution < -0.4 is 5.73 Å². The molecule has 1 aliphatic rings. The predicted octanol–water partition coefficient (Wildman–Crippen LogP) is 2.85. The minimum Gasteiger partial charge on any atom is -0.399 e. The summed E-state index contributed by atoms with van der Waals surface area (Å²) >= 11 is 0. The molecule has 0 fully saturated rings. The van der Waals surface area contributed by atoms with Gasteiger partial charge in [-0.15, -0.1) is 0 Å². The first-order chi connectivity index (χ1) is 8.72. The lowest BCUT2D eigenvalue weighted by molar-refractivity contribution is 0.0737. The van der Waals surface area contributed by atoms with Crippen LogP contribution in [0.5, 0.6) is 0 Å². The SMILES string of the molecule is CCCCCCN1CCc2ccc(N)cc2C1=O. The van der Waals surface area contributed by atoms with Gasteiger partial charge in [0.05, 0.1) is 0 Å². The molecule has 0 saturated heterocycles. The van der Waals surface area contributed by atoms with Crippen molar-refractivity contribution in [2.45, 2.75) is 39.0 Å². The number of nitrogens with zero attached hydrogens (tertiary/aromatic N) is 1. The van der Waals surface area contributed by atoms with E-state index in [9.17, 15) is 4.79 Å². The van der Waals surface area contributed by atoms with Gasteiger partial charge in [-0.05, 0) is 30.5 Å². The standard InChI is InChI=1S/C15H22N2O/c1-2-3-4-5-9-17-10-8-12-6-7-13(16)11-14(12)15(17)18/h6-7,11H,2-5,8-10,16H2,1H3. The second-order valence-electron chi connectivity index (χ2n) is 5.02. The van der Waals surface area contributed by atoms with Gasteiger partial charge in [-0.1, -0.05) is 32.3 Å². The van der Waals surface area contributed by atoms with Crippen molar-refractivity contribution >= 4 is 11.6 Å². The predicted molar refractivity (Wildman–Crippen MR) is 74.6 cm³/mol. The lowest BCUT2D eigenvalue weighted by atomic mass is 9.98. The molecular formula is C15H22N2O. The summed E-state index contributed by atoms with van der Waals surface area (Å²) in [5, 5.41) is 0. The number of benzene rings is 1. The summed E-state index contributed by atoms with van der Waals surface area (Å²) in [4.78, 5) is 14.3. The van der Waals surface area contributed by atoms with Gasteiger partial charge in [-0.3, -0.25) is 4.79 Å². The van der Waals surface area contributed by atoms with Crippen LogP contribution in [-0.2, 0) is 6.42 Å². The number of fused-ring (bicyclic) bond motifs is 1. The van der Waals surface area contributed by atoms with Crippen LogP contribution in [-0.4, -0.2) is 23.9 Å². The van der Waals surface area contributed by atoms with Gasteiger partial charge >= 0.3 is 0 Å². The quantitative estimate of drug-likeness (QED) is 0.641. The fraction of sp³-hybridized carbons (Fsp3) is 0.533. The van der Waals surface area contributed by atoms with E-state index in [-0.39, 0.29) is 5.91 Å². The smallest absolute Gasteiger partial charge is 0.254 e. The molecule has 0 bridgehead atoms. The largest absolute Gasteiger partial charge is 0.399 e. The average Bonchev–Trinajstić information content (AvgIpc) is 2.38. The van der Waals surface area contributed by atoms with Crippen molar-refractivity contribution in [1.82, 2.24) is 4.90 Å². The van der Waals surface area contributed by atoms with Crippen molar-refractivity contribution in [3.63, 3.8) is 0 Å². The molecule has 0 atom stereocenters. The van der Waals surface area contributed by atoms with Gasteiger partial charge in [0.15, 0.2) is 0 Å². The van der Waals surface area contributed by atoms with Crippen LogP contribution in [0.4, 0.5) is 5.69 Å². The van der Waals surface area contributed by atoms with Crippen molar-refractivity contribution in [1.29, 1.82) is 0 Å². The van der Waals surface area contributed by atoms with Crippen LogP contribution in [0.3, 0.4) is 0 Å². The fourth-order valence-electron chi connectivity index (χ4n) is 2.48. The molecule has 0 aromatic heterocycles. The Labute approximate surface area is 109 Å². The zero-order chi connectivity index (χ0) is 13.0. The van der Waals surface area contributed by atoms with Gasteiger partial charge in [0.1, 0.15) is 0 Å². The average molecular weight is 246 g/mol. The van der Waals surface area contributed by atoms with Crippen LogP contribution in [0.2, 0.25) is 0 Å². The molecule has 3 nitrogen and oxygen atoms in total. The van der Waals surface area contributed by atoms with Crippen LogP contribution in [0.15, 0.2) is 18.2 Å². The molecule has 3 heteroatoms. The van der Waals surface area contributed by atoms with Crippen molar-refractivity contribution in [2.24, 2.45) is 0 Å². The Morgan fingerprint density at radius 3 is 2.89 bits per heavy atom. The monoisotopic (exact) mass is 246 g/mol. The molecule has 18 heavy (non-hydrogen) atoms. The number of nitrogen functional groups attached to an aromatic ring is 1. The Kier molecular flexibility index (Phi) is 4.24. The van der Waals surface area contributed by atoms with E-state index in [2.05, 4.69) is 6.92 Å². The van der Waals surface area contributed by atoms with Gasteiger partial charge in [0.25, 0.3) is 5.91 Å². The van der Waals surface area contributed by atoms with E-state index in [1.807, 2.05) is 23.1 Å². The maximum atomic E-state index is 12.3. The van der Waals surface area contributed by atoms with Gasteiger partial charge in [-0.2, -0.15) is 0 Å². The number of hydrogen-bond donors (Lipinski definition) is 1. The zero-order valence-corrected chi connectivity index (χ0v) is 11.1. The lowest BCUT2D eigenvalue weighted by Gasteiger charge is -2.28. The highest BCUT2D eigenvalue weighted by Gasteiger charge is 2.23. The second-order valence-corrected chi connectivity index (χ2v) is 5.02. The van der Waals surface area contributed by atoms with Crippen LogP contribution in [0, 0.1) is 0 Å². The molecule has 2 N–H and O–H groups in total. The van der Waals surface area contributed by atoms with E-state index in [1.165, 1.54) is 19.3 Å². The molecule has 0 spiro atoms. The molecule has 1 amide bonds. The Hall–Kier alpha value is -1.51. The van der Waals surface area contributed by atoms with Gasteiger partial charge in [0, 0.05) is 24.3 Å². The first-order valence-corrected chi connectivity index (χ1v) is 6.90. The number of nitrogens with two attached hydrogens (primary N) is 1. The zero-order valence-electron chi connectivity index (χ0n) is 11.1. The molecule has 1 aliphatic heterocycles. The summed E-state index contributed by atoms with van der Waals surface area (Å²) in [7, 11) is 0. The highest BCUT2D eigenvalue weighted by molar-refractivity contribution is 5.97. The summed E-state index contributed by atoms with van der Waals surface area (Å²) in [5.41, 5.74) is 8.37. The van der Waals surface area contributed by atoms with Gasteiger partial charge < -0.3 is 10.6 Å². The van der Waals surface area contributed by atoms with Gasteiger partial charge in [-0.25, -0.2) is 0 Å². The van der Waals surface area contributed by atoms with E-state index >= 15 is 0 Å². The molecule has 1 aromatic rings. The molecule has 0 radical (unpaired) electrons. The van der Waals surface area contributed by atoms with Crippen molar-refractivity contribution in [2.75, 3.05) is 18.8 Å². The van der Waals surface area contributed by atoms with E-state index in [0.29, 0.717) is 5.69 Å². The lowest BCUT2D eigenvalue weighted by Crippen LogP contribution is -2.38. The maximum Gasteiger partial charge on any atom is 0.254 e. The van der Waals surface area contributed by atoms with E-state index in [4.69, 9.17) is 5.73 Å². The summed E-state index contributed by atoms with van der Waals surface area (Å²) in [6.45, 7) is 3.93. The van der Waals surface area contributed by atoms with E-state index in [1.54, 1.807) is 0 Å². The summed E-state index contributed by atoms with van der Waals surface area (Å²) in [6.07, 6.45) is 5.76. The van der Waals surface area contributed by atoms with Crippen molar-refractivity contribution in [3.05, 3.63) is 29.3 Å². The first-order valence-electron chi connectivity index (χ1n) is 6.90. The number of hydrogen-bond acceptors (Lipinski definition) is 2. The maximum absolute atomic E-state index is 12.3. The molecular weight excluding hydrogens is 224 g/mol. The highest BCUT2D eigenvalue weighted by Crippen LogP contribution is 2.21. The van der Waals surface area contributed by atoms with Gasteiger partial charge in [0.2, 0.25) is 0 Å². The third-order valence-electron chi connectivity index (χ3n) is 3.58. The summed E-state index contributed by atoms with van der Waals surface area (Å²) in [5.74, 6) is 0.153. The third kappa shape index (κ3) is 2.84. The Morgan fingerprint density at radius 2 is 2.11 bits per heavy atom.